The van der Waals surface area contributed by atoms with Crippen molar-refractivity contribution in [3.8, 4) is 0 Å². The Balaban J connectivity index is 2.60. The molecule has 0 N–H and O–H groups in total. The lowest BCUT2D eigenvalue weighted by molar-refractivity contribution is -0.112. The lowest BCUT2D eigenvalue weighted by Crippen LogP contribution is -2.01. The van der Waals surface area contributed by atoms with Gasteiger partial charge in [0.2, 0.25) is 0 Å². The number of ketones is 1. The van der Waals surface area contributed by atoms with Gasteiger partial charge in [-0.25, -0.2) is 0 Å². The molecule has 0 aromatic heterocycles. The molecule has 60 valence electrons. The normalized spacial score (nSPS) is 16.7. The van der Waals surface area contributed by atoms with E-state index in [2.05, 4.69) is 0 Å². The van der Waals surface area contributed by atoms with Gasteiger partial charge in [-0.1, -0.05) is 19.1 Å². The molecule has 1 aliphatic carbocycles. The van der Waals surface area contributed by atoms with Crippen LogP contribution >= 0.6 is 11.6 Å². The molecule has 0 atom stereocenters. The highest BCUT2D eigenvalue weighted by molar-refractivity contribution is 6.19. The summed E-state index contributed by atoms with van der Waals surface area (Å²) in [6.45, 7) is 1.99. The predicted octanol–water partition coefficient (Wildman–Crippen LogP) is 2.46. The monoisotopic (exact) mass is 170 g/mol. The summed E-state index contributed by atoms with van der Waals surface area (Å²) in [5.41, 5.74) is 1.77. The van der Waals surface area contributed by atoms with E-state index >= 15 is 0 Å². The van der Waals surface area contributed by atoms with Crippen LogP contribution in [0.3, 0.4) is 0 Å². The van der Waals surface area contributed by atoms with Gasteiger partial charge in [0, 0.05) is 11.5 Å². The summed E-state index contributed by atoms with van der Waals surface area (Å²) in [7, 11) is 0. The van der Waals surface area contributed by atoms with Gasteiger partial charge >= 0.3 is 0 Å². The maximum atomic E-state index is 11.3. The van der Waals surface area contributed by atoms with Crippen molar-refractivity contribution in [2.24, 2.45) is 0 Å². The van der Waals surface area contributed by atoms with Gasteiger partial charge in [-0.15, -0.1) is 11.6 Å². The quantitative estimate of drug-likeness (QED) is 0.595. The van der Waals surface area contributed by atoms with Crippen molar-refractivity contribution in [3.63, 3.8) is 0 Å². The number of carbonyl (C=O) groups excluding carboxylic acids is 1. The molecule has 0 bridgehead atoms. The fourth-order valence-electron chi connectivity index (χ4n) is 1.14. The summed E-state index contributed by atoms with van der Waals surface area (Å²) < 4.78 is 0. The SMILES string of the molecule is CCC1=CC=C(CCCl)C1=O. The van der Waals surface area contributed by atoms with Crippen molar-refractivity contribution in [3.05, 3.63) is 23.3 Å². The number of hydrogen-bond acceptors (Lipinski definition) is 1. The van der Waals surface area contributed by atoms with Gasteiger partial charge in [0.15, 0.2) is 5.78 Å². The van der Waals surface area contributed by atoms with Gasteiger partial charge in [0.25, 0.3) is 0 Å². The Morgan fingerprint density at radius 3 is 2.45 bits per heavy atom. The van der Waals surface area contributed by atoms with E-state index in [1.165, 1.54) is 0 Å². The Bertz CT molecular complexity index is 226. The molecule has 1 aliphatic rings. The Kier molecular flexibility index (Phi) is 2.89. The van der Waals surface area contributed by atoms with E-state index < -0.39 is 0 Å². The van der Waals surface area contributed by atoms with Crippen LogP contribution in [0.15, 0.2) is 23.3 Å². The molecule has 1 nitrogen and oxygen atoms in total. The van der Waals surface area contributed by atoms with Crippen molar-refractivity contribution in [2.45, 2.75) is 19.8 Å². The van der Waals surface area contributed by atoms with Crippen LogP contribution in [0, 0.1) is 0 Å². The van der Waals surface area contributed by atoms with Crippen molar-refractivity contribution >= 4 is 17.4 Å². The third kappa shape index (κ3) is 1.72. The number of alkyl halides is 1. The third-order valence-corrected chi connectivity index (χ3v) is 2.00. The van der Waals surface area contributed by atoms with Gasteiger partial charge < -0.3 is 0 Å². The minimum Gasteiger partial charge on any atom is -0.289 e. The molecule has 0 aliphatic heterocycles. The number of hydrogen-bond donors (Lipinski definition) is 0. The predicted molar refractivity (Wildman–Crippen MR) is 46.8 cm³/mol. The van der Waals surface area contributed by atoms with Crippen LogP contribution in [-0.4, -0.2) is 11.7 Å². The minimum atomic E-state index is 0.188. The molecule has 0 spiro atoms. The second-order valence-corrected chi connectivity index (χ2v) is 2.88. The zero-order valence-corrected chi connectivity index (χ0v) is 7.32. The van der Waals surface area contributed by atoms with Crippen molar-refractivity contribution in [1.82, 2.24) is 0 Å². The van der Waals surface area contributed by atoms with Crippen LogP contribution in [0.25, 0.3) is 0 Å². The minimum absolute atomic E-state index is 0.188. The number of rotatable bonds is 3. The van der Waals surface area contributed by atoms with E-state index in [9.17, 15) is 4.79 Å². The highest BCUT2D eigenvalue weighted by Crippen LogP contribution is 2.20. The van der Waals surface area contributed by atoms with E-state index in [0.717, 1.165) is 17.6 Å². The molecule has 0 saturated heterocycles. The molecule has 0 fully saturated rings. The number of carbonyl (C=O) groups is 1. The smallest absolute Gasteiger partial charge is 0.185 e. The zero-order valence-electron chi connectivity index (χ0n) is 6.56. The Morgan fingerprint density at radius 1 is 1.36 bits per heavy atom. The molecule has 1 rings (SSSR count). The summed E-state index contributed by atoms with van der Waals surface area (Å²) in [6.07, 6.45) is 5.29. The lowest BCUT2D eigenvalue weighted by atomic mass is 10.1. The molecule has 0 aromatic carbocycles. The second kappa shape index (κ2) is 3.72. The molecule has 11 heavy (non-hydrogen) atoms. The van der Waals surface area contributed by atoms with Crippen LogP contribution in [0.2, 0.25) is 0 Å². The second-order valence-electron chi connectivity index (χ2n) is 2.51. The maximum Gasteiger partial charge on any atom is 0.185 e. The first kappa shape index (κ1) is 8.54. The molecule has 0 amide bonds. The van der Waals surface area contributed by atoms with E-state index in [1.807, 2.05) is 19.1 Å². The summed E-state index contributed by atoms with van der Waals surface area (Å²) in [5, 5.41) is 0. The van der Waals surface area contributed by atoms with Crippen LogP contribution in [-0.2, 0) is 4.79 Å². The highest BCUT2D eigenvalue weighted by atomic mass is 35.5. The number of allylic oxidation sites excluding steroid dienone is 4. The van der Waals surface area contributed by atoms with E-state index in [0.29, 0.717) is 12.3 Å². The number of Topliss-reactive ketones (excluding diaryl/α,β-unsaturated/α-hetero) is 1. The molecular weight excluding hydrogens is 160 g/mol. The van der Waals surface area contributed by atoms with Gasteiger partial charge in [0.05, 0.1) is 0 Å². The molecule has 0 heterocycles. The summed E-state index contributed by atoms with van der Waals surface area (Å²) >= 11 is 5.52. The average Bonchev–Trinajstić information content (AvgIpc) is 2.34. The first-order valence-electron chi connectivity index (χ1n) is 3.80. The first-order valence-corrected chi connectivity index (χ1v) is 4.33. The third-order valence-electron chi connectivity index (χ3n) is 1.81. The van der Waals surface area contributed by atoms with E-state index in [-0.39, 0.29) is 5.78 Å². The maximum absolute atomic E-state index is 11.3. The van der Waals surface area contributed by atoms with Crippen molar-refractivity contribution in [2.75, 3.05) is 5.88 Å². The van der Waals surface area contributed by atoms with Crippen molar-refractivity contribution in [1.29, 1.82) is 0 Å². The molecular formula is C9H11ClO. The Morgan fingerprint density at radius 2 is 2.00 bits per heavy atom. The van der Waals surface area contributed by atoms with Gasteiger partial charge in [-0.3, -0.25) is 4.79 Å². The fraction of sp³-hybridized carbons (Fsp3) is 0.444. The Hall–Kier alpha value is -0.560. The zero-order chi connectivity index (χ0) is 8.27. The van der Waals surface area contributed by atoms with E-state index in [1.54, 1.807) is 0 Å². The first-order chi connectivity index (χ1) is 5.29. The molecule has 0 radical (unpaired) electrons. The van der Waals surface area contributed by atoms with Crippen LogP contribution in [0.1, 0.15) is 19.8 Å². The molecule has 0 unspecified atom stereocenters. The Labute approximate surface area is 71.7 Å². The van der Waals surface area contributed by atoms with Gasteiger partial charge in [-0.2, -0.15) is 0 Å². The van der Waals surface area contributed by atoms with Crippen LogP contribution < -0.4 is 0 Å². The highest BCUT2D eigenvalue weighted by Gasteiger charge is 2.16. The fourth-order valence-corrected chi connectivity index (χ4v) is 1.34. The number of halogens is 1. The summed E-state index contributed by atoms with van der Waals surface area (Å²) in [5.74, 6) is 0.718. The summed E-state index contributed by atoms with van der Waals surface area (Å²) in [6, 6.07) is 0. The van der Waals surface area contributed by atoms with Crippen molar-refractivity contribution < 1.29 is 4.79 Å². The average molecular weight is 171 g/mol. The topological polar surface area (TPSA) is 17.1 Å². The van der Waals surface area contributed by atoms with Crippen LogP contribution in [0.4, 0.5) is 0 Å². The van der Waals surface area contributed by atoms with Gasteiger partial charge in [-0.05, 0) is 18.4 Å². The molecule has 0 saturated carbocycles. The largest absolute Gasteiger partial charge is 0.289 e. The molecule has 2 heteroatoms. The lowest BCUT2D eigenvalue weighted by Gasteiger charge is -1.98. The molecule has 0 aromatic rings. The summed E-state index contributed by atoms with van der Waals surface area (Å²) in [4.78, 5) is 11.3. The standard InChI is InChI=1S/C9H11ClO/c1-2-7-3-4-8(5-6-10)9(7)11/h3-4H,2,5-6H2,1H3. The van der Waals surface area contributed by atoms with Gasteiger partial charge in [0.1, 0.15) is 0 Å². The van der Waals surface area contributed by atoms with Crippen LogP contribution in [0.5, 0.6) is 0 Å². The van der Waals surface area contributed by atoms with E-state index in [4.69, 9.17) is 11.6 Å².